The van der Waals surface area contributed by atoms with Crippen LogP contribution in [0.15, 0.2) is 41.7 Å². The monoisotopic (exact) mass is 426 g/mol. The Bertz CT molecular complexity index is 989. The lowest BCUT2D eigenvalue weighted by Crippen LogP contribution is -2.36. The highest BCUT2D eigenvalue weighted by atomic mass is 32.2. The summed E-state index contributed by atoms with van der Waals surface area (Å²) in [7, 11) is 0. The fourth-order valence-electron chi connectivity index (χ4n) is 3.70. The third-order valence-electron chi connectivity index (χ3n) is 5.45. The Balaban J connectivity index is 1.35. The number of aromatic nitrogens is 2. The van der Waals surface area contributed by atoms with Crippen molar-refractivity contribution in [1.29, 1.82) is 0 Å². The van der Waals surface area contributed by atoms with E-state index in [1.165, 1.54) is 16.0 Å². The van der Waals surface area contributed by atoms with Crippen molar-refractivity contribution in [3.8, 4) is 0 Å². The highest BCUT2D eigenvalue weighted by Gasteiger charge is 2.20. The molecule has 1 aliphatic heterocycles. The molecule has 1 fully saturated rings. The maximum atomic E-state index is 12.9. The second-order valence-corrected chi connectivity index (χ2v) is 9.59. The number of hydrogen-bond donors (Lipinski definition) is 0. The molecule has 0 aliphatic carbocycles. The molecule has 3 aromatic rings. The van der Waals surface area contributed by atoms with E-state index in [9.17, 15) is 4.79 Å². The summed E-state index contributed by atoms with van der Waals surface area (Å²) in [5.74, 6) is 0.631. The average molecular weight is 427 g/mol. The van der Waals surface area contributed by atoms with Crippen molar-refractivity contribution >= 4 is 39.2 Å². The molecule has 0 radical (unpaired) electrons. The number of rotatable bonds is 5. The van der Waals surface area contributed by atoms with E-state index in [0.717, 1.165) is 54.4 Å². The topological polar surface area (TPSA) is 49.3 Å². The molecule has 2 aromatic heterocycles. The molecule has 1 amide bonds. The molecule has 0 unspecified atom stereocenters. The molecule has 0 spiro atoms. The zero-order chi connectivity index (χ0) is 20.2. The predicted molar refractivity (Wildman–Crippen MR) is 121 cm³/mol. The van der Waals surface area contributed by atoms with Crippen LogP contribution in [0.2, 0.25) is 0 Å². The molecule has 0 bridgehead atoms. The molecule has 29 heavy (non-hydrogen) atoms. The fraction of sp³-hybridized carbons (Fsp3) is 0.409. The SMILES string of the molecule is Cc1sc2ncnc(SCC(=O)N3CCCN(Cc4ccccc4)CC3)c2c1C. The van der Waals surface area contributed by atoms with Gasteiger partial charge in [-0.05, 0) is 31.4 Å². The van der Waals surface area contributed by atoms with E-state index >= 15 is 0 Å². The fourth-order valence-corrected chi connectivity index (χ4v) is 5.72. The highest BCUT2D eigenvalue weighted by molar-refractivity contribution is 8.00. The molecule has 0 atom stereocenters. The number of fused-ring (bicyclic) bond motifs is 1. The Morgan fingerprint density at radius 1 is 1.10 bits per heavy atom. The van der Waals surface area contributed by atoms with Gasteiger partial charge in [0.2, 0.25) is 5.91 Å². The summed E-state index contributed by atoms with van der Waals surface area (Å²) in [6, 6.07) is 10.6. The van der Waals surface area contributed by atoms with E-state index in [1.54, 1.807) is 29.4 Å². The number of carbonyl (C=O) groups is 1. The van der Waals surface area contributed by atoms with Crippen LogP contribution in [0.25, 0.3) is 10.2 Å². The first-order chi connectivity index (χ1) is 14.1. The number of carbonyl (C=O) groups excluding carboxylic acids is 1. The van der Waals surface area contributed by atoms with Crippen molar-refractivity contribution in [2.45, 2.75) is 31.8 Å². The van der Waals surface area contributed by atoms with Gasteiger partial charge in [0.1, 0.15) is 16.2 Å². The smallest absolute Gasteiger partial charge is 0.233 e. The van der Waals surface area contributed by atoms with Crippen LogP contribution >= 0.6 is 23.1 Å². The molecule has 4 rings (SSSR count). The van der Waals surface area contributed by atoms with E-state index in [4.69, 9.17) is 0 Å². The molecule has 152 valence electrons. The largest absolute Gasteiger partial charge is 0.341 e. The highest BCUT2D eigenvalue weighted by Crippen LogP contribution is 2.34. The third-order valence-corrected chi connectivity index (χ3v) is 7.54. The number of thiophene rings is 1. The second-order valence-electron chi connectivity index (χ2n) is 7.43. The van der Waals surface area contributed by atoms with E-state index in [1.807, 2.05) is 11.0 Å². The van der Waals surface area contributed by atoms with Crippen LogP contribution in [0, 0.1) is 13.8 Å². The van der Waals surface area contributed by atoms with Gasteiger partial charge in [0.25, 0.3) is 0 Å². The van der Waals surface area contributed by atoms with Crippen molar-refractivity contribution < 1.29 is 4.79 Å². The van der Waals surface area contributed by atoms with Crippen LogP contribution in [0.3, 0.4) is 0 Å². The van der Waals surface area contributed by atoms with Crippen molar-refractivity contribution in [3.05, 3.63) is 52.7 Å². The molecule has 5 nitrogen and oxygen atoms in total. The van der Waals surface area contributed by atoms with E-state index in [-0.39, 0.29) is 5.91 Å². The van der Waals surface area contributed by atoms with Crippen LogP contribution in [-0.4, -0.2) is 57.6 Å². The third kappa shape index (κ3) is 4.79. The Labute approximate surface area is 180 Å². The van der Waals surface area contributed by atoms with Gasteiger partial charge in [-0.25, -0.2) is 9.97 Å². The molecule has 1 aromatic carbocycles. The van der Waals surface area contributed by atoms with Gasteiger partial charge in [-0.1, -0.05) is 42.1 Å². The van der Waals surface area contributed by atoms with Crippen LogP contribution < -0.4 is 0 Å². The molecule has 0 N–H and O–H groups in total. The van der Waals surface area contributed by atoms with Gasteiger partial charge in [-0.15, -0.1) is 11.3 Å². The zero-order valence-corrected chi connectivity index (χ0v) is 18.6. The summed E-state index contributed by atoms with van der Waals surface area (Å²) in [6.07, 6.45) is 2.63. The van der Waals surface area contributed by atoms with Gasteiger partial charge < -0.3 is 4.90 Å². The average Bonchev–Trinajstić information content (AvgIpc) is 2.90. The van der Waals surface area contributed by atoms with Crippen molar-refractivity contribution in [3.63, 3.8) is 0 Å². The van der Waals surface area contributed by atoms with Crippen molar-refractivity contribution in [2.75, 3.05) is 31.9 Å². The molecule has 1 saturated heterocycles. The van der Waals surface area contributed by atoms with Crippen molar-refractivity contribution in [2.24, 2.45) is 0 Å². The standard InChI is InChI=1S/C22H26N4OS2/c1-16-17(2)29-22-20(16)21(23-15-24-22)28-14-19(27)26-10-6-9-25(11-12-26)13-18-7-4-3-5-8-18/h3-5,7-8,15H,6,9-14H2,1-2H3. The van der Waals surface area contributed by atoms with Gasteiger partial charge in [-0.3, -0.25) is 9.69 Å². The molecular formula is C22H26N4OS2. The maximum Gasteiger partial charge on any atom is 0.233 e. The first-order valence-electron chi connectivity index (χ1n) is 9.99. The summed E-state index contributed by atoms with van der Waals surface area (Å²) < 4.78 is 0. The van der Waals surface area contributed by atoms with Crippen LogP contribution in [0.4, 0.5) is 0 Å². The zero-order valence-electron chi connectivity index (χ0n) is 16.9. The second kappa shape index (κ2) is 9.24. The van der Waals surface area contributed by atoms with Crippen LogP contribution in [-0.2, 0) is 11.3 Å². The molecule has 0 saturated carbocycles. The maximum absolute atomic E-state index is 12.9. The first kappa shape index (κ1) is 20.3. The number of nitrogens with zero attached hydrogens (tertiary/aromatic N) is 4. The molecular weight excluding hydrogens is 400 g/mol. The van der Waals surface area contributed by atoms with Gasteiger partial charge >= 0.3 is 0 Å². The van der Waals surface area contributed by atoms with E-state index < -0.39 is 0 Å². The first-order valence-corrected chi connectivity index (χ1v) is 11.8. The molecule has 7 heteroatoms. The number of amides is 1. The van der Waals surface area contributed by atoms with Crippen LogP contribution in [0.1, 0.15) is 22.4 Å². The van der Waals surface area contributed by atoms with E-state index in [0.29, 0.717) is 5.75 Å². The minimum absolute atomic E-state index is 0.202. The minimum atomic E-state index is 0.202. The number of aryl methyl sites for hydroxylation is 2. The summed E-state index contributed by atoms with van der Waals surface area (Å²) in [5, 5.41) is 2.03. The Hall–Kier alpha value is -1.96. The van der Waals surface area contributed by atoms with Gasteiger partial charge in [0.15, 0.2) is 0 Å². The Morgan fingerprint density at radius 2 is 1.93 bits per heavy atom. The van der Waals surface area contributed by atoms with Gasteiger partial charge in [0, 0.05) is 43.0 Å². The van der Waals surface area contributed by atoms with Gasteiger partial charge in [-0.2, -0.15) is 0 Å². The summed E-state index contributed by atoms with van der Waals surface area (Å²) >= 11 is 3.23. The normalized spacial score (nSPS) is 15.6. The lowest BCUT2D eigenvalue weighted by Gasteiger charge is -2.22. The Morgan fingerprint density at radius 3 is 2.76 bits per heavy atom. The van der Waals surface area contributed by atoms with E-state index in [2.05, 4.69) is 53.0 Å². The lowest BCUT2D eigenvalue weighted by molar-refractivity contribution is -0.128. The Kier molecular flexibility index (Phi) is 6.47. The number of thioether (sulfide) groups is 1. The lowest BCUT2D eigenvalue weighted by atomic mass is 10.2. The molecule has 1 aliphatic rings. The molecule has 3 heterocycles. The number of benzene rings is 1. The number of hydrogen-bond acceptors (Lipinski definition) is 6. The summed E-state index contributed by atoms with van der Waals surface area (Å²) in [4.78, 5) is 28.4. The summed E-state index contributed by atoms with van der Waals surface area (Å²) in [6.45, 7) is 8.76. The predicted octanol–water partition coefficient (Wildman–Crippen LogP) is 4.13. The van der Waals surface area contributed by atoms with Gasteiger partial charge in [0.05, 0.1) is 5.75 Å². The minimum Gasteiger partial charge on any atom is -0.341 e. The quantitative estimate of drug-likeness (QED) is 0.453. The summed E-state index contributed by atoms with van der Waals surface area (Å²) in [5.41, 5.74) is 2.56. The van der Waals surface area contributed by atoms with Crippen LogP contribution in [0.5, 0.6) is 0 Å². The van der Waals surface area contributed by atoms with Crippen molar-refractivity contribution in [1.82, 2.24) is 19.8 Å².